The zero-order valence-electron chi connectivity index (χ0n) is 62.6. The van der Waals surface area contributed by atoms with Crippen molar-refractivity contribution in [2.45, 2.75) is 131 Å². The van der Waals surface area contributed by atoms with Gasteiger partial charge in [-0.25, -0.2) is 4.98 Å². The lowest BCUT2D eigenvalue weighted by Crippen LogP contribution is -2.39. The van der Waals surface area contributed by atoms with Gasteiger partial charge in [-0.15, -0.1) is 0 Å². The number of halogens is 1. The molecule has 0 saturated carbocycles. The monoisotopic (exact) mass is 1830 g/mol. The molecule has 5 aromatic carbocycles. The Morgan fingerprint density at radius 1 is 0.509 bits per heavy atom. The number of rotatable bonds is 29. The fourth-order valence-corrected chi connectivity index (χ4v) is 26.4. The fraction of sp³-hybridized carbons (Fsp3) is 0.388. The Morgan fingerprint density at radius 3 is 1.12 bits per heavy atom. The standard InChI is InChI=1S/C18H19ClO8P2S.C17H27NO9P2.C16H20N2O9P2.C15H23NO9P2.CH4/c1-3-24-12(2)25-16-7-5-4-6-15(16)17-26-28(20,21)18(29(22,23)27-17)30-14-10-8-13(19)9-11-14;1-12(2)24-13(3)25-15-9-7-6-8-14(15)16-26-28(20,21)17(19,10-11-18(4)5)29(22,23)27-16;1-3-24-12(2)25-14-7-5-4-6-13(14)15-26-28(20,21)16(19,29(22,23)27-15)10-18-9-8-17-11-18;1-10(2)22-11(3)23-13-7-5-4-6-12(13)14-24-26(18,19)15(17,8-9-16)27(20,21)25-14;/h4-11,17-18H,2-3H2,1H3,(H,20,21)(H,22,23);6-9,12,16,19H,3,10-11H2,1-2,4-5H3,(H,20,21)(H,22,23);4-9,11,15,19H,2-3,10H2,1H3,(H,20,21)(H,22,23);4-7,10,14,17H,3,8-9,16H2,1-2H3,(H,18,19)(H,20,21);1H4. The predicted molar refractivity (Wildman–Crippen MR) is 421 cm³/mol. The van der Waals surface area contributed by atoms with Crippen LogP contribution in [0.4, 0.5) is 0 Å². The summed E-state index contributed by atoms with van der Waals surface area (Å²) >= 11 is 6.54. The Balaban J connectivity index is 0.000000240. The van der Waals surface area contributed by atoms with Crippen LogP contribution in [-0.2, 0) is 98.2 Å². The van der Waals surface area contributed by atoms with Crippen molar-refractivity contribution in [2.24, 2.45) is 5.73 Å². The van der Waals surface area contributed by atoms with Crippen molar-refractivity contribution in [1.29, 1.82) is 0 Å². The summed E-state index contributed by atoms with van der Waals surface area (Å²) in [6.07, 6.45) is -4.59. The lowest BCUT2D eigenvalue weighted by atomic mass is 10.2. The molecule has 4 fully saturated rings. The van der Waals surface area contributed by atoms with Crippen LogP contribution in [0.3, 0.4) is 0 Å². The number of benzene rings is 5. The third kappa shape index (κ3) is 24.4. The molecule has 644 valence electrons. The van der Waals surface area contributed by atoms with Gasteiger partial charge in [-0.3, -0.25) is 72.7 Å². The van der Waals surface area contributed by atoms with Crippen molar-refractivity contribution < 1.29 is 165 Å². The zero-order chi connectivity index (χ0) is 85.7. The Bertz CT molecular complexity index is 4710. The van der Waals surface area contributed by atoms with E-state index in [0.29, 0.717) is 28.3 Å². The van der Waals surface area contributed by atoms with E-state index in [9.17, 15) is 91.0 Å². The molecule has 8 atom stereocenters. The van der Waals surface area contributed by atoms with Gasteiger partial charge >= 0.3 is 60.8 Å². The first-order valence-corrected chi connectivity index (χ1v) is 47.9. The highest BCUT2D eigenvalue weighted by atomic mass is 35.5. The van der Waals surface area contributed by atoms with Crippen LogP contribution in [0.1, 0.15) is 109 Å². The molecule has 4 aliphatic heterocycles. The molecule has 1 aromatic heterocycles. The molecule has 0 bridgehead atoms. The van der Waals surface area contributed by atoms with Crippen LogP contribution in [0.5, 0.6) is 23.0 Å². The summed E-state index contributed by atoms with van der Waals surface area (Å²) in [4.78, 5) is 88.3. The van der Waals surface area contributed by atoms with Crippen molar-refractivity contribution in [3.8, 4) is 23.0 Å². The van der Waals surface area contributed by atoms with E-state index in [-0.39, 0.29) is 108 Å². The molecule has 116 heavy (non-hydrogen) atoms. The molecular weight excluding hydrogens is 1740 g/mol. The molecule has 0 aliphatic carbocycles. The molecule has 10 rings (SSSR count). The maximum atomic E-state index is 12.9. The first kappa shape index (κ1) is 99.1. The number of nitrogens with zero attached hydrogens (tertiary/aromatic N) is 3. The Hall–Kier alpha value is -5.69. The molecule has 13 N–H and O–H groups in total. The lowest BCUT2D eigenvalue weighted by molar-refractivity contribution is -0.0627. The van der Waals surface area contributed by atoms with E-state index in [1.807, 2.05) is 0 Å². The third-order valence-corrected chi connectivity index (χ3v) is 36.6. The molecule has 5 heterocycles. The van der Waals surface area contributed by atoms with Gasteiger partial charge in [-0.1, -0.05) is 104 Å². The van der Waals surface area contributed by atoms with Crippen LogP contribution in [-0.4, -0.2) is 142 Å². The Kier molecular flexibility index (Phi) is 34.9. The minimum Gasteiger partial charge on any atom is -0.466 e. The van der Waals surface area contributed by atoms with Crippen LogP contribution in [0.2, 0.25) is 5.02 Å². The van der Waals surface area contributed by atoms with Crippen molar-refractivity contribution in [2.75, 3.05) is 40.4 Å². The Morgan fingerprint density at radius 2 is 0.819 bits per heavy atom. The number of aromatic nitrogens is 2. The van der Waals surface area contributed by atoms with E-state index in [1.54, 1.807) is 121 Å². The van der Waals surface area contributed by atoms with Crippen LogP contribution < -0.4 is 24.7 Å². The molecular formula is C67H93ClN4O35P8S. The van der Waals surface area contributed by atoms with Crippen LogP contribution in [0, 0.1) is 0 Å². The number of nitrogens with two attached hydrogens (primary N) is 1. The molecule has 0 radical (unpaired) electrons. The van der Waals surface area contributed by atoms with Crippen molar-refractivity contribution in [3.05, 3.63) is 217 Å². The van der Waals surface area contributed by atoms with E-state index < -0.39 is 125 Å². The van der Waals surface area contributed by atoms with Gasteiger partial charge in [0.15, 0.2) is 0 Å². The summed E-state index contributed by atoms with van der Waals surface area (Å²) in [6, 6.07) is 30.5. The Labute approximate surface area is 677 Å². The third-order valence-electron chi connectivity index (χ3n) is 15.5. The first-order chi connectivity index (χ1) is 53.4. The van der Waals surface area contributed by atoms with Gasteiger partial charge in [-0.05, 0) is 137 Å². The number of thioether (sulfide) groups is 1. The van der Waals surface area contributed by atoms with Crippen LogP contribution in [0.25, 0.3) is 0 Å². The maximum absolute atomic E-state index is 12.9. The van der Waals surface area contributed by atoms with E-state index in [1.165, 1.54) is 79.4 Å². The quantitative estimate of drug-likeness (QED) is 0.0153. The minimum absolute atomic E-state index is 0. The molecule has 4 aliphatic rings. The molecule has 0 spiro atoms. The summed E-state index contributed by atoms with van der Waals surface area (Å²) in [5.41, 5.74) is 5.52. The second-order valence-corrected chi connectivity index (χ2v) is 44.7. The van der Waals surface area contributed by atoms with Gasteiger partial charge in [0.25, 0.3) is 39.0 Å². The molecule has 39 nitrogen and oxygen atoms in total. The maximum Gasteiger partial charge on any atom is 0.376 e. The lowest BCUT2D eigenvalue weighted by Gasteiger charge is -2.41. The van der Waals surface area contributed by atoms with E-state index in [4.69, 9.17) is 91.4 Å². The highest BCUT2D eigenvalue weighted by molar-refractivity contribution is 8.12. The first-order valence-electron chi connectivity index (χ1n) is 33.8. The van der Waals surface area contributed by atoms with Crippen LogP contribution >= 0.6 is 84.1 Å². The summed E-state index contributed by atoms with van der Waals surface area (Å²) in [5.74, 6) is 0.167. The largest absolute Gasteiger partial charge is 0.466 e. The SMILES string of the molecule is C.C=C(OCC)Oc1ccccc1C1OP(=O)(O)C(O)(Cn2ccnc2)P(=O)(O)O1.C=C(OCC)Oc1ccccc1C1OP(=O)(O)C(Sc2ccc(Cl)cc2)P(=O)(O)O1.C=C(Oc1ccccc1C1OP(=O)(O)C(O)(CCN(C)C)P(=O)(O)O1)OC(C)C.C=C(Oc1ccccc1C1OP(=O)(O)C(O)(CCN)P(=O)(O)O1)OC(C)C. The van der Waals surface area contributed by atoms with E-state index >= 15 is 0 Å². The second-order valence-electron chi connectivity index (χ2n) is 25.2. The average Bonchev–Trinajstić information content (AvgIpc) is 0.796. The number of para-hydroxylation sites is 4. The van der Waals surface area contributed by atoms with Gasteiger partial charge < -0.3 is 108 Å². The van der Waals surface area contributed by atoms with Gasteiger partial charge in [-0.2, -0.15) is 0 Å². The molecule has 0 amide bonds. The number of imidazole rings is 1. The number of hydrogen-bond acceptors (Lipinski definition) is 31. The van der Waals surface area contributed by atoms with Crippen molar-refractivity contribution in [3.63, 3.8) is 0 Å². The van der Waals surface area contributed by atoms with Gasteiger partial charge in [0.2, 0.25) is 29.9 Å². The van der Waals surface area contributed by atoms with Crippen LogP contribution in [0.15, 0.2) is 195 Å². The number of hydrogen-bond donors (Lipinski definition) is 12. The normalized spacial score (nSPS) is 31.3. The molecule has 6 aromatic rings. The summed E-state index contributed by atoms with van der Waals surface area (Å²) in [7, 11) is -36.2. The highest BCUT2D eigenvalue weighted by Gasteiger charge is 2.70. The highest BCUT2D eigenvalue weighted by Crippen LogP contribution is 2.82. The second kappa shape index (κ2) is 40.8. The van der Waals surface area contributed by atoms with E-state index in [0.717, 1.165) is 4.57 Å². The van der Waals surface area contributed by atoms with Gasteiger partial charge in [0, 0.05) is 41.7 Å². The molecule has 4 saturated heterocycles. The summed E-state index contributed by atoms with van der Waals surface area (Å²) in [5, 5.41) is 22.9. The fourth-order valence-electron chi connectivity index (χ4n) is 10.1. The average molecular weight is 1830 g/mol. The van der Waals surface area contributed by atoms with E-state index in [2.05, 4.69) is 31.3 Å². The smallest absolute Gasteiger partial charge is 0.376 e. The van der Waals surface area contributed by atoms with Gasteiger partial charge in [0.05, 0.1) is 60.5 Å². The topological polar surface area (TPSA) is 554 Å². The zero-order valence-corrected chi connectivity index (χ0v) is 71.3. The predicted octanol–water partition coefficient (Wildman–Crippen LogP) is 14.2. The summed E-state index contributed by atoms with van der Waals surface area (Å²) < 4.78 is 185. The minimum atomic E-state index is -5.10. The molecule has 49 heteroatoms. The van der Waals surface area contributed by atoms with Gasteiger partial charge in [0.1, 0.15) is 23.0 Å². The number of aliphatic hydroxyl groups is 3. The molecule has 8 unspecified atom stereocenters. The number of ether oxygens (including phenoxy) is 8. The van der Waals surface area contributed by atoms with Crippen molar-refractivity contribution in [1.82, 2.24) is 14.5 Å². The summed E-state index contributed by atoms with van der Waals surface area (Å²) in [6.45, 7) is 24.5. The van der Waals surface area contributed by atoms with Crippen molar-refractivity contribution >= 4 is 84.1 Å².